The second-order valence-corrected chi connectivity index (χ2v) is 7.26. The predicted octanol–water partition coefficient (Wildman–Crippen LogP) is 0.469. The van der Waals surface area contributed by atoms with Crippen LogP contribution in [0.5, 0.6) is 0 Å². The molecular weight excluding hydrogens is 294 g/mol. The molecule has 1 fully saturated rings. The minimum atomic E-state index is -3.20. The molecule has 0 aromatic heterocycles. The van der Waals surface area contributed by atoms with Gasteiger partial charge in [0.15, 0.2) is 9.84 Å². The Morgan fingerprint density at radius 3 is 2.33 bits per heavy atom. The van der Waals surface area contributed by atoms with Gasteiger partial charge in [0.2, 0.25) is 5.91 Å². The molecular formula is C14H17NO5S. The molecule has 0 radical (unpaired) electrons. The molecule has 1 aliphatic carbocycles. The summed E-state index contributed by atoms with van der Waals surface area (Å²) in [4.78, 5) is 22.6. The van der Waals surface area contributed by atoms with E-state index in [0.717, 1.165) is 11.8 Å². The van der Waals surface area contributed by atoms with Gasteiger partial charge in [0.25, 0.3) is 0 Å². The van der Waals surface area contributed by atoms with Gasteiger partial charge in [0.1, 0.15) is 0 Å². The zero-order valence-corrected chi connectivity index (χ0v) is 12.4. The molecule has 1 amide bonds. The summed E-state index contributed by atoms with van der Waals surface area (Å²) in [6.07, 6.45) is 2.13. The zero-order chi connectivity index (χ0) is 15.6. The molecule has 0 heterocycles. The van der Waals surface area contributed by atoms with Crippen molar-refractivity contribution in [2.24, 2.45) is 11.8 Å². The summed E-state index contributed by atoms with van der Waals surface area (Å²) in [6, 6.07) is 6.49. The molecule has 0 bridgehead atoms. The molecule has 0 aliphatic heterocycles. The number of rotatable bonds is 6. The number of sulfone groups is 1. The number of nitrogens with one attached hydrogen (secondary N) is 1. The van der Waals surface area contributed by atoms with Crippen molar-refractivity contribution in [2.45, 2.75) is 17.7 Å². The van der Waals surface area contributed by atoms with Crippen molar-refractivity contribution in [1.29, 1.82) is 0 Å². The first-order valence-corrected chi connectivity index (χ1v) is 8.47. The number of hydrogen-bond acceptors (Lipinski definition) is 4. The third kappa shape index (κ3) is 4.04. The van der Waals surface area contributed by atoms with E-state index < -0.39 is 27.6 Å². The van der Waals surface area contributed by atoms with E-state index in [1.807, 2.05) is 0 Å². The van der Waals surface area contributed by atoms with Crippen molar-refractivity contribution in [3.8, 4) is 0 Å². The molecule has 7 heteroatoms. The van der Waals surface area contributed by atoms with Gasteiger partial charge in [-0.25, -0.2) is 8.42 Å². The second-order valence-electron chi connectivity index (χ2n) is 5.24. The number of benzene rings is 1. The van der Waals surface area contributed by atoms with Crippen LogP contribution >= 0.6 is 0 Å². The molecule has 21 heavy (non-hydrogen) atoms. The molecule has 1 aromatic carbocycles. The van der Waals surface area contributed by atoms with E-state index in [1.165, 1.54) is 12.1 Å². The lowest BCUT2D eigenvalue weighted by Crippen LogP contribution is -2.28. The molecule has 6 nitrogen and oxygen atoms in total. The van der Waals surface area contributed by atoms with E-state index in [2.05, 4.69) is 5.32 Å². The summed E-state index contributed by atoms with van der Waals surface area (Å²) in [5.74, 6) is -2.10. The van der Waals surface area contributed by atoms with E-state index in [1.54, 1.807) is 12.1 Å². The van der Waals surface area contributed by atoms with Gasteiger partial charge < -0.3 is 10.4 Å². The number of hydrogen-bond donors (Lipinski definition) is 2. The predicted molar refractivity (Wildman–Crippen MR) is 75.5 cm³/mol. The van der Waals surface area contributed by atoms with Gasteiger partial charge >= 0.3 is 5.97 Å². The van der Waals surface area contributed by atoms with Crippen LogP contribution in [0.25, 0.3) is 0 Å². The van der Waals surface area contributed by atoms with E-state index in [4.69, 9.17) is 5.11 Å². The Kier molecular flexibility index (Phi) is 4.32. The fourth-order valence-corrected chi connectivity index (χ4v) is 2.75. The van der Waals surface area contributed by atoms with Crippen molar-refractivity contribution >= 4 is 21.7 Å². The molecule has 0 saturated heterocycles. The average molecular weight is 311 g/mol. The van der Waals surface area contributed by atoms with Gasteiger partial charge in [-0.15, -0.1) is 0 Å². The Hall–Kier alpha value is -1.89. The summed E-state index contributed by atoms with van der Waals surface area (Å²) in [6.45, 7) is 0.403. The first-order chi connectivity index (χ1) is 9.79. The Bertz CT molecular complexity index is 650. The first kappa shape index (κ1) is 15.5. The van der Waals surface area contributed by atoms with Crippen molar-refractivity contribution in [3.05, 3.63) is 29.8 Å². The number of amides is 1. The minimum Gasteiger partial charge on any atom is -0.481 e. The highest BCUT2D eigenvalue weighted by Gasteiger charge is 2.48. The molecule has 2 rings (SSSR count). The Morgan fingerprint density at radius 1 is 1.24 bits per heavy atom. The van der Waals surface area contributed by atoms with Crippen LogP contribution in [0.1, 0.15) is 12.0 Å². The van der Waals surface area contributed by atoms with Crippen LogP contribution in [0.4, 0.5) is 0 Å². The van der Waals surface area contributed by atoms with Crippen LogP contribution in [0, 0.1) is 11.8 Å². The van der Waals surface area contributed by atoms with Crippen LogP contribution in [0.3, 0.4) is 0 Å². The molecule has 1 aliphatic rings. The third-order valence-electron chi connectivity index (χ3n) is 3.51. The van der Waals surface area contributed by atoms with Gasteiger partial charge in [-0.05, 0) is 30.5 Å². The van der Waals surface area contributed by atoms with Crippen LogP contribution in [-0.2, 0) is 25.8 Å². The number of carboxylic acid groups (broad SMARTS) is 1. The van der Waals surface area contributed by atoms with Crippen molar-refractivity contribution in [2.75, 3.05) is 12.8 Å². The van der Waals surface area contributed by atoms with E-state index >= 15 is 0 Å². The van der Waals surface area contributed by atoms with Crippen molar-refractivity contribution in [1.82, 2.24) is 5.32 Å². The molecule has 2 atom stereocenters. The molecule has 1 saturated carbocycles. The Labute approximate surface area is 123 Å². The lowest BCUT2D eigenvalue weighted by molar-refractivity contribution is -0.140. The summed E-state index contributed by atoms with van der Waals surface area (Å²) in [7, 11) is -3.20. The normalized spacial score (nSPS) is 20.8. The summed E-state index contributed by atoms with van der Waals surface area (Å²) >= 11 is 0. The van der Waals surface area contributed by atoms with Crippen LogP contribution in [0.2, 0.25) is 0 Å². The van der Waals surface area contributed by atoms with Crippen LogP contribution in [-0.4, -0.2) is 38.2 Å². The highest BCUT2D eigenvalue weighted by atomic mass is 32.2. The lowest BCUT2D eigenvalue weighted by atomic mass is 10.1. The smallest absolute Gasteiger partial charge is 0.307 e. The van der Waals surface area contributed by atoms with Gasteiger partial charge in [-0.1, -0.05) is 12.1 Å². The van der Waals surface area contributed by atoms with Gasteiger partial charge in [0, 0.05) is 12.8 Å². The van der Waals surface area contributed by atoms with Crippen molar-refractivity contribution < 1.29 is 23.1 Å². The number of carbonyl (C=O) groups excluding carboxylic acids is 1. The summed E-state index contributed by atoms with van der Waals surface area (Å²) in [5.41, 5.74) is 0.910. The maximum atomic E-state index is 11.6. The molecule has 2 unspecified atom stereocenters. The topological polar surface area (TPSA) is 101 Å². The molecule has 0 spiro atoms. The maximum absolute atomic E-state index is 11.6. The number of carbonyl (C=O) groups is 2. The van der Waals surface area contributed by atoms with Crippen LogP contribution < -0.4 is 5.32 Å². The van der Waals surface area contributed by atoms with Gasteiger partial charge in [-0.3, -0.25) is 9.59 Å². The summed E-state index contributed by atoms with van der Waals surface area (Å²) < 4.78 is 22.6. The molecule has 114 valence electrons. The fourth-order valence-electron chi connectivity index (χ4n) is 2.12. The number of aliphatic carboxylic acids is 1. The van der Waals surface area contributed by atoms with Gasteiger partial charge in [-0.2, -0.15) is 0 Å². The lowest BCUT2D eigenvalue weighted by Gasteiger charge is -2.05. The van der Waals surface area contributed by atoms with Crippen LogP contribution in [0.15, 0.2) is 29.2 Å². The largest absolute Gasteiger partial charge is 0.481 e. The fraction of sp³-hybridized carbons (Fsp3) is 0.429. The second kappa shape index (κ2) is 5.85. The molecule has 1 aromatic rings. The monoisotopic (exact) mass is 311 g/mol. The van der Waals surface area contributed by atoms with E-state index in [9.17, 15) is 18.0 Å². The quantitative estimate of drug-likeness (QED) is 0.795. The van der Waals surface area contributed by atoms with Gasteiger partial charge in [0.05, 0.1) is 16.7 Å². The Morgan fingerprint density at radius 2 is 1.86 bits per heavy atom. The highest BCUT2D eigenvalue weighted by Crippen LogP contribution is 2.38. The SMILES string of the molecule is CS(=O)(=O)c1ccc(CCNC(=O)C2CC2C(=O)O)cc1. The van der Waals surface area contributed by atoms with E-state index in [0.29, 0.717) is 19.4 Å². The minimum absolute atomic E-state index is 0.227. The standard InChI is InChI=1S/C14H17NO5S/c1-21(19,20)10-4-2-9(3-5-10)6-7-15-13(16)11-8-12(11)14(17)18/h2-5,11-12H,6-8H2,1H3,(H,15,16)(H,17,18). The Balaban J connectivity index is 1.79. The van der Waals surface area contributed by atoms with E-state index in [-0.39, 0.29) is 10.8 Å². The number of carboxylic acids is 1. The third-order valence-corrected chi connectivity index (χ3v) is 4.64. The zero-order valence-electron chi connectivity index (χ0n) is 11.6. The van der Waals surface area contributed by atoms with Crippen molar-refractivity contribution in [3.63, 3.8) is 0 Å². The highest BCUT2D eigenvalue weighted by molar-refractivity contribution is 7.90. The first-order valence-electron chi connectivity index (χ1n) is 6.58. The molecule has 2 N–H and O–H groups in total. The summed E-state index contributed by atoms with van der Waals surface area (Å²) in [5, 5.41) is 11.4. The average Bonchev–Trinajstić information content (AvgIpc) is 3.18. The maximum Gasteiger partial charge on any atom is 0.307 e.